The van der Waals surface area contributed by atoms with Crippen LogP contribution >= 0.6 is 0 Å². The Kier molecular flexibility index (Phi) is 6.20. The SMILES string of the molecule is CCN(Cc1ccncc1)C(=O)CN1C(=O)C(Oc2ccc(F)cc2)C12CCCCC2. The van der Waals surface area contributed by atoms with Crippen LogP contribution in [0.5, 0.6) is 5.75 Å². The van der Waals surface area contributed by atoms with Crippen molar-refractivity contribution in [3.8, 4) is 5.75 Å². The Morgan fingerprint density at radius 3 is 2.48 bits per heavy atom. The molecular formula is C24H28FN3O3. The number of amides is 2. The lowest BCUT2D eigenvalue weighted by molar-refractivity contribution is -0.188. The second-order valence-corrected chi connectivity index (χ2v) is 8.30. The van der Waals surface area contributed by atoms with Gasteiger partial charge in [-0.25, -0.2) is 4.39 Å². The zero-order chi connectivity index (χ0) is 21.8. The van der Waals surface area contributed by atoms with Gasteiger partial charge in [0.15, 0.2) is 6.10 Å². The number of rotatable bonds is 7. The summed E-state index contributed by atoms with van der Waals surface area (Å²) in [7, 11) is 0. The number of halogens is 1. The third-order valence-corrected chi connectivity index (χ3v) is 6.45. The lowest BCUT2D eigenvalue weighted by atomic mass is 9.70. The Hall–Kier alpha value is -2.96. The van der Waals surface area contributed by atoms with E-state index in [1.165, 1.54) is 12.1 Å². The van der Waals surface area contributed by atoms with Crippen LogP contribution < -0.4 is 4.74 Å². The summed E-state index contributed by atoms with van der Waals surface area (Å²) in [5, 5.41) is 0. The summed E-state index contributed by atoms with van der Waals surface area (Å²) in [4.78, 5) is 33.6. The first-order valence-corrected chi connectivity index (χ1v) is 10.9. The number of likely N-dealkylation sites (N-methyl/N-ethyl adjacent to an activating group) is 1. The van der Waals surface area contributed by atoms with E-state index in [0.717, 1.165) is 37.7 Å². The fraction of sp³-hybridized carbons (Fsp3) is 0.458. The smallest absolute Gasteiger partial charge is 0.267 e. The Morgan fingerprint density at radius 2 is 1.84 bits per heavy atom. The second-order valence-electron chi connectivity index (χ2n) is 8.30. The van der Waals surface area contributed by atoms with E-state index in [1.54, 1.807) is 34.3 Å². The molecule has 7 heteroatoms. The molecule has 6 nitrogen and oxygen atoms in total. The van der Waals surface area contributed by atoms with E-state index in [0.29, 0.717) is 18.8 Å². The molecule has 0 N–H and O–H groups in total. The average molecular weight is 426 g/mol. The molecule has 31 heavy (non-hydrogen) atoms. The van der Waals surface area contributed by atoms with Gasteiger partial charge >= 0.3 is 0 Å². The number of β-lactam (4-membered cyclic amide) rings is 1. The fourth-order valence-electron chi connectivity index (χ4n) is 4.73. The molecule has 4 rings (SSSR count). The number of pyridine rings is 1. The highest BCUT2D eigenvalue weighted by atomic mass is 19.1. The second kappa shape index (κ2) is 9.04. The predicted octanol–water partition coefficient (Wildman–Crippen LogP) is 3.56. The molecule has 1 unspecified atom stereocenters. The van der Waals surface area contributed by atoms with Crippen molar-refractivity contribution in [2.75, 3.05) is 13.1 Å². The largest absolute Gasteiger partial charge is 0.478 e. The molecule has 1 atom stereocenters. The van der Waals surface area contributed by atoms with Crippen LogP contribution in [-0.4, -0.2) is 51.3 Å². The third-order valence-electron chi connectivity index (χ3n) is 6.45. The van der Waals surface area contributed by atoms with Crippen molar-refractivity contribution in [2.24, 2.45) is 0 Å². The van der Waals surface area contributed by atoms with E-state index in [4.69, 9.17) is 4.74 Å². The number of nitrogens with zero attached hydrogens (tertiary/aromatic N) is 3. The van der Waals surface area contributed by atoms with Gasteiger partial charge in [0.25, 0.3) is 5.91 Å². The summed E-state index contributed by atoms with van der Waals surface area (Å²) < 4.78 is 19.3. The van der Waals surface area contributed by atoms with Gasteiger partial charge in [-0.3, -0.25) is 14.6 Å². The van der Waals surface area contributed by atoms with Crippen molar-refractivity contribution in [3.63, 3.8) is 0 Å². The molecule has 1 aliphatic heterocycles. The van der Waals surface area contributed by atoms with Crippen molar-refractivity contribution in [2.45, 2.75) is 57.2 Å². The maximum Gasteiger partial charge on any atom is 0.267 e. The minimum absolute atomic E-state index is 0.0566. The van der Waals surface area contributed by atoms with Crippen molar-refractivity contribution in [1.82, 2.24) is 14.8 Å². The Morgan fingerprint density at radius 1 is 1.16 bits per heavy atom. The highest BCUT2D eigenvalue weighted by Gasteiger charge is 2.62. The first kappa shape index (κ1) is 21.3. The van der Waals surface area contributed by atoms with Crippen molar-refractivity contribution >= 4 is 11.8 Å². The first-order valence-electron chi connectivity index (χ1n) is 10.9. The van der Waals surface area contributed by atoms with Gasteiger partial charge in [-0.1, -0.05) is 19.3 Å². The van der Waals surface area contributed by atoms with Gasteiger partial charge in [0, 0.05) is 25.5 Å². The van der Waals surface area contributed by atoms with Crippen molar-refractivity contribution in [3.05, 3.63) is 60.2 Å². The summed E-state index contributed by atoms with van der Waals surface area (Å²) in [5.74, 6) is -0.110. The van der Waals surface area contributed by atoms with Crippen molar-refractivity contribution in [1.29, 1.82) is 0 Å². The normalized spacial score (nSPS) is 19.7. The molecule has 1 aliphatic carbocycles. The highest BCUT2D eigenvalue weighted by Crippen LogP contribution is 2.45. The zero-order valence-corrected chi connectivity index (χ0v) is 17.8. The molecule has 164 valence electrons. The van der Waals surface area contributed by atoms with E-state index in [9.17, 15) is 14.0 Å². The van der Waals surface area contributed by atoms with Crippen LogP contribution in [0.1, 0.15) is 44.6 Å². The van der Waals surface area contributed by atoms with Crippen molar-refractivity contribution < 1.29 is 18.7 Å². The Balaban J connectivity index is 1.48. The number of likely N-dealkylation sites (tertiary alicyclic amines) is 1. The summed E-state index contributed by atoms with van der Waals surface area (Å²) in [6, 6.07) is 9.51. The molecule has 2 amide bonds. The Labute approximate surface area is 182 Å². The van der Waals surface area contributed by atoms with E-state index < -0.39 is 11.6 Å². The molecule has 2 aliphatic rings. The number of aromatic nitrogens is 1. The molecule has 0 bridgehead atoms. The first-order chi connectivity index (χ1) is 15.0. The Bertz CT molecular complexity index is 913. The van der Waals surface area contributed by atoms with Gasteiger partial charge in [0.1, 0.15) is 18.1 Å². The summed E-state index contributed by atoms with van der Waals surface area (Å²) >= 11 is 0. The quantitative estimate of drug-likeness (QED) is 0.637. The number of hydrogen-bond donors (Lipinski definition) is 0. The minimum Gasteiger partial charge on any atom is -0.478 e. The maximum atomic E-state index is 13.2. The highest BCUT2D eigenvalue weighted by molar-refractivity contribution is 5.94. The molecule has 0 radical (unpaired) electrons. The van der Waals surface area contributed by atoms with Crippen LogP contribution in [0.25, 0.3) is 0 Å². The van der Waals surface area contributed by atoms with Gasteiger partial charge in [0.05, 0.1) is 5.54 Å². The van der Waals surface area contributed by atoms with Crippen LogP contribution in [0.15, 0.2) is 48.8 Å². The summed E-state index contributed by atoms with van der Waals surface area (Å²) in [6.07, 6.45) is 7.53. The van der Waals surface area contributed by atoms with Crippen LogP contribution in [0, 0.1) is 5.82 Å². The molecule has 1 saturated carbocycles. The lowest BCUT2D eigenvalue weighted by Crippen LogP contribution is -2.77. The fourth-order valence-corrected chi connectivity index (χ4v) is 4.73. The van der Waals surface area contributed by atoms with E-state index >= 15 is 0 Å². The number of carbonyl (C=O) groups excluding carboxylic acids is 2. The standard InChI is InChI=1S/C24H28FN3O3/c1-2-27(16-18-10-14-26-15-11-18)21(29)17-28-23(30)22(24(28)12-4-3-5-13-24)31-20-8-6-19(25)7-9-20/h6-11,14-15,22H,2-5,12-13,16-17H2,1H3. The minimum atomic E-state index is -0.624. The molecule has 1 saturated heterocycles. The number of ether oxygens (including phenoxy) is 1. The van der Waals surface area contributed by atoms with Crippen LogP contribution in [0.2, 0.25) is 0 Å². The molecule has 2 aromatic rings. The lowest BCUT2D eigenvalue weighted by Gasteiger charge is -2.58. The van der Waals surface area contributed by atoms with Crippen LogP contribution in [-0.2, 0) is 16.1 Å². The summed E-state index contributed by atoms with van der Waals surface area (Å²) in [6.45, 7) is 3.04. The zero-order valence-electron chi connectivity index (χ0n) is 17.8. The molecule has 1 aromatic carbocycles. The number of carbonyl (C=O) groups is 2. The van der Waals surface area contributed by atoms with Gasteiger partial charge in [-0.05, 0) is 61.7 Å². The van der Waals surface area contributed by atoms with Gasteiger partial charge < -0.3 is 14.5 Å². The van der Waals surface area contributed by atoms with E-state index in [1.807, 2.05) is 19.1 Å². The van der Waals surface area contributed by atoms with Crippen LogP contribution in [0.3, 0.4) is 0 Å². The molecular weight excluding hydrogens is 397 g/mol. The molecule has 2 fully saturated rings. The molecule has 1 spiro atoms. The number of benzene rings is 1. The summed E-state index contributed by atoms with van der Waals surface area (Å²) in [5.41, 5.74) is 0.542. The number of hydrogen-bond acceptors (Lipinski definition) is 4. The van der Waals surface area contributed by atoms with E-state index in [-0.39, 0.29) is 24.2 Å². The van der Waals surface area contributed by atoms with Gasteiger partial charge in [0.2, 0.25) is 5.91 Å². The van der Waals surface area contributed by atoms with E-state index in [2.05, 4.69) is 4.98 Å². The molecule has 1 aromatic heterocycles. The maximum absolute atomic E-state index is 13.2. The van der Waals surface area contributed by atoms with Gasteiger partial charge in [-0.15, -0.1) is 0 Å². The topological polar surface area (TPSA) is 62.7 Å². The third kappa shape index (κ3) is 4.27. The van der Waals surface area contributed by atoms with Crippen LogP contribution in [0.4, 0.5) is 4.39 Å². The monoisotopic (exact) mass is 425 g/mol. The van der Waals surface area contributed by atoms with Gasteiger partial charge in [-0.2, -0.15) is 0 Å². The molecule has 2 heterocycles. The predicted molar refractivity (Wildman–Crippen MR) is 114 cm³/mol. The average Bonchev–Trinajstić information content (AvgIpc) is 2.81.